The average molecular weight is 235 g/mol. The molecule has 16 heavy (non-hydrogen) atoms. The van der Waals surface area contributed by atoms with E-state index in [4.69, 9.17) is 10.5 Å². The first-order valence-electron chi connectivity index (χ1n) is 4.51. The van der Waals surface area contributed by atoms with Crippen LogP contribution in [0.25, 0.3) is 0 Å². The van der Waals surface area contributed by atoms with Crippen molar-refractivity contribution in [2.75, 3.05) is 7.11 Å². The molecule has 0 bridgehead atoms. The Labute approximate surface area is 90.6 Å². The van der Waals surface area contributed by atoms with Crippen molar-refractivity contribution in [3.05, 3.63) is 23.3 Å². The standard InChI is InChI=1S/C10H12F3NO2/c1-5(14)7-3-6(16-2)4-8(9(7)15)10(11,12)13/h3-5,15H,14H2,1-2H3. The lowest BCUT2D eigenvalue weighted by molar-refractivity contribution is -0.138. The molecule has 0 aliphatic carbocycles. The molecule has 3 nitrogen and oxygen atoms in total. The Balaban J connectivity index is 3.44. The summed E-state index contributed by atoms with van der Waals surface area (Å²) in [5.74, 6) is -0.833. The molecular weight excluding hydrogens is 223 g/mol. The molecule has 0 radical (unpaired) electrons. The molecular formula is C10H12F3NO2. The van der Waals surface area contributed by atoms with Crippen LogP contribution >= 0.6 is 0 Å². The molecule has 0 saturated carbocycles. The number of phenols is 1. The maximum atomic E-state index is 12.6. The molecule has 1 aromatic rings. The van der Waals surface area contributed by atoms with Gasteiger partial charge in [0.15, 0.2) is 0 Å². The highest BCUT2D eigenvalue weighted by molar-refractivity contribution is 5.49. The van der Waals surface area contributed by atoms with Gasteiger partial charge >= 0.3 is 6.18 Å². The summed E-state index contributed by atoms with van der Waals surface area (Å²) in [5.41, 5.74) is 4.33. The number of halogens is 3. The van der Waals surface area contributed by atoms with Crippen molar-refractivity contribution in [1.29, 1.82) is 0 Å². The molecule has 1 atom stereocenters. The fourth-order valence-corrected chi connectivity index (χ4v) is 1.31. The minimum atomic E-state index is -4.64. The smallest absolute Gasteiger partial charge is 0.420 e. The number of hydrogen-bond acceptors (Lipinski definition) is 3. The summed E-state index contributed by atoms with van der Waals surface area (Å²) >= 11 is 0. The molecule has 3 N–H and O–H groups in total. The number of hydrogen-bond donors (Lipinski definition) is 2. The van der Waals surface area contributed by atoms with Crippen LogP contribution in [0.5, 0.6) is 11.5 Å². The Hall–Kier alpha value is -1.43. The summed E-state index contributed by atoms with van der Waals surface area (Å²) in [7, 11) is 1.25. The van der Waals surface area contributed by atoms with Gasteiger partial charge in [0.2, 0.25) is 0 Å². The van der Waals surface area contributed by atoms with E-state index in [1.165, 1.54) is 20.1 Å². The topological polar surface area (TPSA) is 55.5 Å². The van der Waals surface area contributed by atoms with Crippen LogP contribution in [-0.4, -0.2) is 12.2 Å². The highest BCUT2D eigenvalue weighted by Crippen LogP contribution is 2.41. The van der Waals surface area contributed by atoms with Gasteiger partial charge < -0.3 is 15.6 Å². The third kappa shape index (κ3) is 2.38. The van der Waals surface area contributed by atoms with Crippen molar-refractivity contribution in [1.82, 2.24) is 0 Å². The van der Waals surface area contributed by atoms with Crippen LogP contribution in [0.1, 0.15) is 24.1 Å². The summed E-state index contributed by atoms with van der Waals surface area (Å²) in [6.45, 7) is 1.48. The molecule has 1 unspecified atom stereocenters. The van der Waals surface area contributed by atoms with Crippen LogP contribution in [0.4, 0.5) is 13.2 Å². The number of benzene rings is 1. The molecule has 1 rings (SSSR count). The van der Waals surface area contributed by atoms with Crippen molar-refractivity contribution in [2.24, 2.45) is 5.73 Å². The molecule has 0 heterocycles. The van der Waals surface area contributed by atoms with E-state index in [1.807, 2.05) is 0 Å². The normalized spacial score (nSPS) is 13.6. The van der Waals surface area contributed by atoms with E-state index in [9.17, 15) is 18.3 Å². The van der Waals surface area contributed by atoms with Gasteiger partial charge in [-0.05, 0) is 19.1 Å². The van der Waals surface area contributed by atoms with E-state index in [0.717, 1.165) is 6.07 Å². The second-order valence-electron chi connectivity index (χ2n) is 3.40. The van der Waals surface area contributed by atoms with Crippen LogP contribution in [0.3, 0.4) is 0 Å². The zero-order valence-electron chi connectivity index (χ0n) is 8.80. The van der Waals surface area contributed by atoms with E-state index in [1.54, 1.807) is 0 Å². The number of aromatic hydroxyl groups is 1. The molecule has 0 fully saturated rings. The third-order valence-corrected chi connectivity index (χ3v) is 2.14. The summed E-state index contributed by atoms with van der Waals surface area (Å²) in [6, 6.07) is 1.31. The van der Waals surface area contributed by atoms with Crippen molar-refractivity contribution in [2.45, 2.75) is 19.1 Å². The van der Waals surface area contributed by atoms with Crippen molar-refractivity contribution in [3.63, 3.8) is 0 Å². The predicted octanol–water partition coefficient (Wildman–Crippen LogP) is 2.44. The SMILES string of the molecule is COc1cc(C(C)N)c(O)c(C(F)(F)F)c1. The minimum absolute atomic E-state index is 0.00618. The van der Waals surface area contributed by atoms with Crippen molar-refractivity contribution >= 4 is 0 Å². The minimum Gasteiger partial charge on any atom is -0.507 e. The molecule has 90 valence electrons. The second-order valence-corrected chi connectivity index (χ2v) is 3.40. The first kappa shape index (κ1) is 12.6. The highest BCUT2D eigenvalue weighted by Gasteiger charge is 2.36. The third-order valence-electron chi connectivity index (χ3n) is 2.14. The largest absolute Gasteiger partial charge is 0.507 e. The van der Waals surface area contributed by atoms with E-state index in [0.29, 0.717) is 0 Å². The first-order chi connectivity index (χ1) is 7.27. The predicted molar refractivity (Wildman–Crippen MR) is 52.3 cm³/mol. The molecule has 0 aromatic heterocycles. The van der Waals surface area contributed by atoms with Crippen LogP contribution < -0.4 is 10.5 Å². The number of rotatable bonds is 2. The van der Waals surface area contributed by atoms with Gasteiger partial charge in [-0.1, -0.05) is 0 Å². The summed E-state index contributed by atoms with van der Waals surface area (Å²) in [4.78, 5) is 0. The zero-order chi connectivity index (χ0) is 12.5. The molecule has 0 aliphatic heterocycles. The van der Waals surface area contributed by atoms with E-state index in [-0.39, 0.29) is 11.3 Å². The fraction of sp³-hybridized carbons (Fsp3) is 0.400. The van der Waals surface area contributed by atoms with E-state index in [2.05, 4.69) is 0 Å². The molecule has 6 heteroatoms. The molecule has 0 amide bonds. The highest BCUT2D eigenvalue weighted by atomic mass is 19.4. The summed E-state index contributed by atoms with van der Waals surface area (Å²) in [5, 5.41) is 9.46. The van der Waals surface area contributed by atoms with Gasteiger partial charge in [0.05, 0.1) is 7.11 Å². The Morgan fingerprint density at radius 1 is 1.38 bits per heavy atom. The zero-order valence-corrected chi connectivity index (χ0v) is 8.80. The van der Waals surface area contributed by atoms with Crippen molar-refractivity contribution in [3.8, 4) is 11.5 Å². The molecule has 0 spiro atoms. The van der Waals surface area contributed by atoms with Gasteiger partial charge in [-0.2, -0.15) is 13.2 Å². The lowest BCUT2D eigenvalue weighted by Gasteiger charge is -2.16. The lowest BCUT2D eigenvalue weighted by Crippen LogP contribution is -2.11. The molecule has 0 saturated heterocycles. The Bertz CT molecular complexity index is 388. The second kappa shape index (κ2) is 4.21. The Morgan fingerprint density at radius 3 is 2.31 bits per heavy atom. The molecule has 0 aliphatic rings. The first-order valence-corrected chi connectivity index (χ1v) is 4.51. The summed E-state index contributed by atoms with van der Waals surface area (Å²) < 4.78 is 42.4. The van der Waals surface area contributed by atoms with Crippen LogP contribution in [0, 0.1) is 0 Å². The van der Waals surface area contributed by atoms with E-state index >= 15 is 0 Å². The quantitative estimate of drug-likeness (QED) is 0.827. The summed E-state index contributed by atoms with van der Waals surface area (Å²) in [6.07, 6.45) is -4.64. The number of nitrogens with two attached hydrogens (primary N) is 1. The van der Waals surface area contributed by atoms with Crippen LogP contribution in [0.15, 0.2) is 12.1 Å². The average Bonchev–Trinajstić information content (AvgIpc) is 2.15. The number of phenolic OH excluding ortho intramolecular Hbond substituents is 1. The lowest BCUT2D eigenvalue weighted by atomic mass is 10.0. The number of alkyl halides is 3. The number of ether oxygens (including phenoxy) is 1. The van der Waals surface area contributed by atoms with Gasteiger partial charge in [0, 0.05) is 11.6 Å². The van der Waals surface area contributed by atoms with Gasteiger partial charge in [-0.3, -0.25) is 0 Å². The number of methoxy groups -OCH3 is 1. The van der Waals surface area contributed by atoms with Gasteiger partial charge in [-0.15, -0.1) is 0 Å². The van der Waals surface area contributed by atoms with Gasteiger partial charge in [0.1, 0.15) is 17.1 Å². The maximum Gasteiger partial charge on any atom is 0.420 e. The van der Waals surface area contributed by atoms with E-state index < -0.39 is 23.5 Å². The van der Waals surface area contributed by atoms with Crippen LogP contribution in [0.2, 0.25) is 0 Å². The fourth-order valence-electron chi connectivity index (χ4n) is 1.31. The van der Waals surface area contributed by atoms with Crippen molar-refractivity contribution < 1.29 is 23.0 Å². The Kier molecular flexibility index (Phi) is 3.32. The molecule has 1 aromatic carbocycles. The Morgan fingerprint density at radius 2 is 1.94 bits per heavy atom. The van der Waals surface area contributed by atoms with Gasteiger partial charge in [-0.25, -0.2) is 0 Å². The van der Waals surface area contributed by atoms with Gasteiger partial charge in [0.25, 0.3) is 0 Å². The maximum absolute atomic E-state index is 12.6. The van der Waals surface area contributed by atoms with Crippen LogP contribution in [-0.2, 0) is 6.18 Å². The monoisotopic (exact) mass is 235 g/mol.